The number of thioether (sulfide) groups is 1. The molecule has 0 radical (unpaired) electrons. The molecule has 2 rings (SSSR count). The number of thiocarbonyl (C=S) groups is 1. The van der Waals surface area contributed by atoms with Gasteiger partial charge in [0.25, 0.3) is 5.91 Å². The Morgan fingerprint density at radius 2 is 2.10 bits per heavy atom. The number of carbonyl (C=O) groups is 2. The molecule has 1 saturated heterocycles. The highest BCUT2D eigenvalue weighted by Crippen LogP contribution is 2.31. The summed E-state index contributed by atoms with van der Waals surface area (Å²) in [5, 5.41) is 8.76. The molecule has 0 atom stereocenters. The third-order valence-corrected chi connectivity index (χ3v) is 4.28. The van der Waals surface area contributed by atoms with Crippen LogP contribution in [-0.4, -0.2) is 39.9 Å². The van der Waals surface area contributed by atoms with E-state index in [-0.39, 0.29) is 10.2 Å². The van der Waals surface area contributed by atoms with Crippen LogP contribution in [0.25, 0.3) is 0 Å². The third kappa shape index (κ3) is 3.83. The van der Waals surface area contributed by atoms with E-state index in [4.69, 9.17) is 22.1 Å². The van der Waals surface area contributed by atoms with Gasteiger partial charge in [-0.2, -0.15) is 0 Å². The standard InChI is InChI=1S/C14H13NO4S2/c1-19-10-5-2-9(3-6-10)4-7-11-13(18)15(8-12(16)17)14(20)21-11/h2-3,5-7H,4,8H2,1H3,(H,16,17). The molecule has 0 spiro atoms. The Bertz CT molecular complexity index is 610. The van der Waals surface area contributed by atoms with Gasteiger partial charge < -0.3 is 9.84 Å². The van der Waals surface area contributed by atoms with E-state index in [1.807, 2.05) is 24.3 Å². The molecule has 0 bridgehead atoms. The maximum absolute atomic E-state index is 12.0. The second kappa shape index (κ2) is 6.73. The first-order chi connectivity index (χ1) is 10.0. The van der Waals surface area contributed by atoms with Gasteiger partial charge in [-0.1, -0.05) is 42.2 Å². The lowest BCUT2D eigenvalue weighted by atomic mass is 10.1. The number of aliphatic carboxylic acids is 1. The fourth-order valence-electron chi connectivity index (χ4n) is 1.78. The van der Waals surface area contributed by atoms with E-state index in [9.17, 15) is 9.59 Å². The molecule has 1 amide bonds. The number of carboxylic acid groups (broad SMARTS) is 1. The van der Waals surface area contributed by atoms with Crippen molar-refractivity contribution in [3.63, 3.8) is 0 Å². The number of carboxylic acids is 1. The molecule has 5 nitrogen and oxygen atoms in total. The molecule has 1 aromatic rings. The SMILES string of the molecule is COc1ccc(CC=C2SC(=S)N(CC(=O)O)C2=O)cc1. The number of amides is 1. The second-order valence-electron chi connectivity index (χ2n) is 4.27. The fourth-order valence-corrected chi connectivity index (χ4v) is 3.01. The van der Waals surface area contributed by atoms with Crippen molar-refractivity contribution in [1.29, 1.82) is 0 Å². The van der Waals surface area contributed by atoms with Crippen LogP contribution in [0.5, 0.6) is 5.75 Å². The number of allylic oxidation sites excluding steroid dienone is 1. The van der Waals surface area contributed by atoms with E-state index >= 15 is 0 Å². The van der Waals surface area contributed by atoms with Crippen molar-refractivity contribution < 1.29 is 19.4 Å². The molecule has 21 heavy (non-hydrogen) atoms. The van der Waals surface area contributed by atoms with E-state index in [0.717, 1.165) is 28.0 Å². The highest BCUT2D eigenvalue weighted by molar-refractivity contribution is 8.26. The lowest BCUT2D eigenvalue weighted by molar-refractivity contribution is -0.140. The molecule has 0 unspecified atom stereocenters. The summed E-state index contributed by atoms with van der Waals surface area (Å²) in [6.45, 7) is -0.398. The van der Waals surface area contributed by atoms with E-state index in [0.29, 0.717) is 11.3 Å². The van der Waals surface area contributed by atoms with Crippen LogP contribution in [0.2, 0.25) is 0 Å². The topological polar surface area (TPSA) is 66.8 Å². The number of rotatable bonds is 5. The van der Waals surface area contributed by atoms with Gasteiger partial charge in [0, 0.05) is 0 Å². The minimum atomic E-state index is -1.08. The van der Waals surface area contributed by atoms with Gasteiger partial charge in [0.15, 0.2) is 0 Å². The molecule has 1 N–H and O–H groups in total. The van der Waals surface area contributed by atoms with Gasteiger partial charge in [0.1, 0.15) is 16.6 Å². The maximum atomic E-state index is 12.0. The zero-order valence-corrected chi connectivity index (χ0v) is 12.9. The van der Waals surface area contributed by atoms with Crippen molar-refractivity contribution in [2.75, 3.05) is 13.7 Å². The predicted octanol–water partition coefficient (Wildman–Crippen LogP) is 2.07. The van der Waals surface area contributed by atoms with Crippen LogP contribution in [0.4, 0.5) is 0 Å². The van der Waals surface area contributed by atoms with Crippen LogP contribution < -0.4 is 4.74 Å². The Labute approximate surface area is 131 Å². The molecule has 1 aliphatic rings. The first kappa shape index (κ1) is 15.5. The van der Waals surface area contributed by atoms with Crippen molar-refractivity contribution in [3.8, 4) is 5.75 Å². The number of hydrogen-bond acceptors (Lipinski definition) is 5. The molecule has 1 heterocycles. The van der Waals surface area contributed by atoms with Gasteiger partial charge in [-0.25, -0.2) is 0 Å². The molecule has 0 aromatic heterocycles. The van der Waals surface area contributed by atoms with Gasteiger partial charge in [0.05, 0.1) is 12.0 Å². The van der Waals surface area contributed by atoms with Gasteiger partial charge in [-0.15, -0.1) is 0 Å². The quantitative estimate of drug-likeness (QED) is 0.661. The molecule has 1 aromatic carbocycles. The first-order valence-electron chi connectivity index (χ1n) is 6.10. The molecule has 0 saturated carbocycles. The number of hydrogen-bond donors (Lipinski definition) is 1. The van der Waals surface area contributed by atoms with Crippen molar-refractivity contribution in [2.45, 2.75) is 6.42 Å². The van der Waals surface area contributed by atoms with Crippen LogP contribution in [0.15, 0.2) is 35.2 Å². The second-order valence-corrected chi connectivity index (χ2v) is 5.95. The van der Waals surface area contributed by atoms with Gasteiger partial charge in [0.2, 0.25) is 0 Å². The van der Waals surface area contributed by atoms with Crippen molar-refractivity contribution >= 4 is 40.2 Å². The number of benzene rings is 1. The summed E-state index contributed by atoms with van der Waals surface area (Å²) in [5.74, 6) is -0.657. The van der Waals surface area contributed by atoms with Crippen LogP contribution in [-0.2, 0) is 16.0 Å². The minimum Gasteiger partial charge on any atom is -0.497 e. The highest BCUT2D eigenvalue weighted by atomic mass is 32.2. The monoisotopic (exact) mass is 323 g/mol. The third-order valence-electron chi connectivity index (χ3n) is 2.85. The Morgan fingerprint density at radius 3 is 2.67 bits per heavy atom. The van der Waals surface area contributed by atoms with E-state index < -0.39 is 12.5 Å². The molecule has 7 heteroatoms. The summed E-state index contributed by atoms with van der Waals surface area (Å²) in [6, 6.07) is 7.51. The number of carbonyl (C=O) groups excluding carboxylic acids is 1. The average molecular weight is 323 g/mol. The molecular weight excluding hydrogens is 310 g/mol. The number of ether oxygens (including phenoxy) is 1. The summed E-state index contributed by atoms with van der Waals surface area (Å²) >= 11 is 6.16. The lowest BCUT2D eigenvalue weighted by Crippen LogP contribution is -2.33. The van der Waals surface area contributed by atoms with Crippen molar-refractivity contribution in [1.82, 2.24) is 4.90 Å². The van der Waals surface area contributed by atoms with Gasteiger partial charge in [-0.05, 0) is 24.1 Å². The Morgan fingerprint density at radius 1 is 1.43 bits per heavy atom. The van der Waals surface area contributed by atoms with E-state index in [2.05, 4.69) is 0 Å². The zero-order chi connectivity index (χ0) is 15.4. The Kier molecular flexibility index (Phi) is 4.98. The van der Waals surface area contributed by atoms with Crippen LogP contribution in [0.3, 0.4) is 0 Å². The molecule has 110 valence electrons. The Balaban J connectivity index is 2.06. The van der Waals surface area contributed by atoms with Crippen LogP contribution in [0, 0.1) is 0 Å². The van der Waals surface area contributed by atoms with Crippen LogP contribution >= 0.6 is 24.0 Å². The summed E-state index contributed by atoms with van der Waals surface area (Å²) < 4.78 is 5.36. The van der Waals surface area contributed by atoms with Crippen molar-refractivity contribution in [3.05, 3.63) is 40.8 Å². The van der Waals surface area contributed by atoms with E-state index in [1.165, 1.54) is 0 Å². The minimum absolute atomic E-state index is 0.281. The maximum Gasteiger partial charge on any atom is 0.323 e. The van der Waals surface area contributed by atoms with Crippen molar-refractivity contribution in [2.24, 2.45) is 0 Å². The summed E-state index contributed by atoms with van der Waals surface area (Å²) in [7, 11) is 1.60. The van der Waals surface area contributed by atoms with Gasteiger partial charge in [-0.3, -0.25) is 14.5 Å². The summed E-state index contributed by atoms with van der Waals surface area (Å²) in [5.41, 5.74) is 1.03. The highest BCUT2D eigenvalue weighted by Gasteiger charge is 2.32. The summed E-state index contributed by atoms with van der Waals surface area (Å²) in [4.78, 5) is 24.3. The molecule has 0 aliphatic carbocycles. The first-order valence-corrected chi connectivity index (χ1v) is 7.32. The van der Waals surface area contributed by atoms with Crippen LogP contribution in [0.1, 0.15) is 5.56 Å². The lowest BCUT2D eigenvalue weighted by Gasteiger charge is -2.10. The number of methoxy groups -OCH3 is 1. The molecule has 1 fully saturated rings. The summed E-state index contributed by atoms with van der Waals surface area (Å²) in [6.07, 6.45) is 2.34. The molecule has 1 aliphatic heterocycles. The van der Waals surface area contributed by atoms with Gasteiger partial charge >= 0.3 is 5.97 Å². The fraction of sp³-hybridized carbons (Fsp3) is 0.214. The normalized spacial score (nSPS) is 16.6. The smallest absolute Gasteiger partial charge is 0.323 e. The largest absolute Gasteiger partial charge is 0.497 e. The zero-order valence-electron chi connectivity index (χ0n) is 11.2. The molecular formula is C14H13NO4S2. The average Bonchev–Trinajstić information content (AvgIpc) is 2.73. The Hall–Kier alpha value is -1.86. The number of nitrogens with zero attached hydrogens (tertiary/aromatic N) is 1. The predicted molar refractivity (Wildman–Crippen MR) is 84.3 cm³/mol. The van der Waals surface area contributed by atoms with E-state index in [1.54, 1.807) is 13.2 Å².